The first kappa shape index (κ1) is 13.9. The number of hydrogen-bond acceptors (Lipinski definition) is 7. The van der Waals surface area contributed by atoms with E-state index in [9.17, 15) is 4.79 Å². The van der Waals surface area contributed by atoms with Crippen molar-refractivity contribution >= 4 is 34.1 Å². The third-order valence-electron chi connectivity index (χ3n) is 2.40. The maximum Gasteiger partial charge on any atom is 0.236 e. The summed E-state index contributed by atoms with van der Waals surface area (Å²) in [5.74, 6) is 0.969. The van der Waals surface area contributed by atoms with Crippen LogP contribution in [-0.4, -0.2) is 36.6 Å². The molecule has 0 atom stereocenters. The maximum absolute atomic E-state index is 11.8. The summed E-state index contributed by atoms with van der Waals surface area (Å²) in [5, 5.41) is 20.6. The molecule has 0 saturated carbocycles. The van der Waals surface area contributed by atoms with E-state index < -0.39 is 0 Å². The van der Waals surface area contributed by atoms with Crippen LogP contribution in [0, 0.1) is 6.92 Å². The second-order valence-corrected chi connectivity index (χ2v) is 5.78. The van der Waals surface area contributed by atoms with Crippen LogP contribution in [0.3, 0.4) is 0 Å². The molecule has 0 radical (unpaired) electrons. The van der Waals surface area contributed by atoms with Gasteiger partial charge in [0, 0.05) is 7.05 Å². The smallest absolute Gasteiger partial charge is 0.236 e. The van der Waals surface area contributed by atoms with E-state index >= 15 is 0 Å². The minimum Gasteiger partial charge on any atom is -0.309 e. The maximum atomic E-state index is 11.8. The highest BCUT2D eigenvalue weighted by atomic mass is 32.2. The average molecular weight is 298 g/mol. The molecule has 0 aliphatic carbocycles. The van der Waals surface area contributed by atoms with Crippen LogP contribution in [0.25, 0.3) is 0 Å². The summed E-state index contributed by atoms with van der Waals surface area (Å²) in [4.78, 5) is 11.8. The topological polar surface area (TPSA) is 85.6 Å². The van der Waals surface area contributed by atoms with Gasteiger partial charge in [0.25, 0.3) is 0 Å². The summed E-state index contributed by atoms with van der Waals surface area (Å²) in [6, 6.07) is 0. The number of aromatic nitrogens is 5. The predicted molar refractivity (Wildman–Crippen MR) is 74.4 cm³/mol. The van der Waals surface area contributed by atoms with E-state index in [1.54, 1.807) is 0 Å². The number of thioether (sulfide) groups is 1. The largest absolute Gasteiger partial charge is 0.309 e. The number of carbonyl (C=O) groups is 1. The van der Waals surface area contributed by atoms with Crippen LogP contribution in [0.1, 0.15) is 17.8 Å². The van der Waals surface area contributed by atoms with Gasteiger partial charge in [0.1, 0.15) is 10.8 Å². The first-order chi connectivity index (χ1) is 9.10. The van der Waals surface area contributed by atoms with Gasteiger partial charge >= 0.3 is 0 Å². The molecule has 0 fully saturated rings. The van der Waals surface area contributed by atoms with Crippen molar-refractivity contribution in [3.8, 4) is 0 Å². The zero-order valence-corrected chi connectivity index (χ0v) is 12.5. The van der Waals surface area contributed by atoms with Crippen LogP contribution in [0.15, 0.2) is 5.16 Å². The van der Waals surface area contributed by atoms with Gasteiger partial charge in [0.15, 0.2) is 5.16 Å². The molecule has 102 valence electrons. The molecule has 7 nitrogen and oxygen atoms in total. The Kier molecular flexibility index (Phi) is 4.48. The molecule has 0 aromatic carbocycles. The SMILES string of the molecule is CCc1nnc(NC(=O)CSc2nnc(C)n2C)s1. The number of hydrogen-bond donors (Lipinski definition) is 1. The zero-order chi connectivity index (χ0) is 13.8. The van der Waals surface area contributed by atoms with E-state index in [1.807, 2.05) is 25.5 Å². The molecule has 0 saturated heterocycles. The first-order valence-corrected chi connectivity index (χ1v) is 7.51. The van der Waals surface area contributed by atoms with Crippen molar-refractivity contribution in [2.75, 3.05) is 11.1 Å². The van der Waals surface area contributed by atoms with Crippen LogP contribution in [-0.2, 0) is 18.3 Å². The van der Waals surface area contributed by atoms with Gasteiger partial charge in [0.2, 0.25) is 11.0 Å². The lowest BCUT2D eigenvalue weighted by molar-refractivity contribution is -0.113. The van der Waals surface area contributed by atoms with Gasteiger partial charge in [-0.1, -0.05) is 30.0 Å². The van der Waals surface area contributed by atoms with E-state index in [-0.39, 0.29) is 11.7 Å². The Bertz CT molecular complexity index is 578. The molecule has 0 unspecified atom stereocenters. The molecular weight excluding hydrogens is 284 g/mol. The number of anilines is 1. The molecule has 19 heavy (non-hydrogen) atoms. The standard InChI is InChI=1S/C10H14N6OS2/c1-4-8-13-14-9(19-8)11-7(17)5-18-10-15-12-6(2)16(10)3/h4-5H2,1-3H3,(H,11,14,17). The quantitative estimate of drug-likeness (QED) is 0.837. The Hall–Kier alpha value is -1.48. The van der Waals surface area contributed by atoms with Gasteiger partial charge in [-0.3, -0.25) is 10.1 Å². The number of amides is 1. The molecule has 9 heteroatoms. The van der Waals surface area contributed by atoms with E-state index in [0.29, 0.717) is 5.13 Å². The molecule has 2 aromatic rings. The minimum atomic E-state index is -0.121. The lowest BCUT2D eigenvalue weighted by Crippen LogP contribution is -2.14. The highest BCUT2D eigenvalue weighted by molar-refractivity contribution is 7.99. The van der Waals surface area contributed by atoms with Crippen molar-refractivity contribution < 1.29 is 4.79 Å². The van der Waals surface area contributed by atoms with Crippen molar-refractivity contribution in [2.45, 2.75) is 25.4 Å². The number of rotatable bonds is 5. The fraction of sp³-hybridized carbons (Fsp3) is 0.500. The van der Waals surface area contributed by atoms with Gasteiger partial charge in [0.05, 0.1) is 5.75 Å². The van der Waals surface area contributed by atoms with Crippen molar-refractivity contribution in [3.05, 3.63) is 10.8 Å². The van der Waals surface area contributed by atoms with Crippen LogP contribution >= 0.6 is 23.1 Å². The Morgan fingerprint density at radius 1 is 1.37 bits per heavy atom. The Balaban J connectivity index is 1.86. The zero-order valence-electron chi connectivity index (χ0n) is 10.9. The summed E-state index contributed by atoms with van der Waals surface area (Å²) >= 11 is 2.74. The van der Waals surface area contributed by atoms with Gasteiger partial charge in [-0.05, 0) is 13.3 Å². The number of nitrogens with zero attached hydrogens (tertiary/aromatic N) is 5. The van der Waals surface area contributed by atoms with E-state index in [0.717, 1.165) is 22.4 Å². The molecule has 2 heterocycles. The summed E-state index contributed by atoms with van der Waals surface area (Å²) in [6.45, 7) is 3.86. The van der Waals surface area contributed by atoms with Crippen molar-refractivity contribution in [3.63, 3.8) is 0 Å². The number of carbonyl (C=O) groups excluding carboxylic acids is 1. The van der Waals surface area contributed by atoms with Gasteiger partial charge in [-0.15, -0.1) is 20.4 Å². The van der Waals surface area contributed by atoms with E-state index in [1.165, 1.54) is 23.1 Å². The average Bonchev–Trinajstić information content (AvgIpc) is 2.96. The fourth-order valence-corrected chi connectivity index (χ4v) is 2.70. The molecule has 0 bridgehead atoms. The fourth-order valence-electron chi connectivity index (χ4n) is 1.25. The first-order valence-electron chi connectivity index (χ1n) is 5.71. The predicted octanol–water partition coefficient (Wildman–Crippen LogP) is 1.27. The van der Waals surface area contributed by atoms with Crippen molar-refractivity contribution in [1.82, 2.24) is 25.0 Å². The molecule has 0 spiro atoms. The van der Waals surface area contributed by atoms with E-state index in [4.69, 9.17) is 0 Å². The Morgan fingerprint density at radius 3 is 2.74 bits per heavy atom. The summed E-state index contributed by atoms with van der Waals surface area (Å²) in [7, 11) is 1.87. The number of nitrogens with one attached hydrogen (secondary N) is 1. The molecule has 0 aliphatic rings. The lowest BCUT2D eigenvalue weighted by atomic mass is 10.5. The normalized spacial score (nSPS) is 10.7. The van der Waals surface area contributed by atoms with Crippen molar-refractivity contribution in [1.29, 1.82) is 0 Å². The lowest BCUT2D eigenvalue weighted by Gasteiger charge is -2.01. The second-order valence-electron chi connectivity index (χ2n) is 3.78. The van der Waals surface area contributed by atoms with E-state index in [2.05, 4.69) is 25.7 Å². The van der Waals surface area contributed by atoms with Crippen LogP contribution in [0.5, 0.6) is 0 Å². The molecule has 1 N–H and O–H groups in total. The minimum absolute atomic E-state index is 0.121. The Morgan fingerprint density at radius 2 is 2.16 bits per heavy atom. The molecule has 2 rings (SSSR count). The van der Waals surface area contributed by atoms with Crippen LogP contribution in [0.2, 0.25) is 0 Å². The molecular formula is C10H14N6OS2. The number of aryl methyl sites for hydroxylation is 2. The molecule has 2 aromatic heterocycles. The monoisotopic (exact) mass is 298 g/mol. The highest BCUT2D eigenvalue weighted by Crippen LogP contribution is 2.18. The summed E-state index contributed by atoms with van der Waals surface area (Å²) in [6.07, 6.45) is 0.820. The van der Waals surface area contributed by atoms with Crippen molar-refractivity contribution in [2.24, 2.45) is 7.05 Å². The van der Waals surface area contributed by atoms with Crippen LogP contribution in [0.4, 0.5) is 5.13 Å². The van der Waals surface area contributed by atoms with Gasteiger partial charge in [-0.2, -0.15) is 0 Å². The second kappa shape index (κ2) is 6.11. The third-order valence-corrected chi connectivity index (χ3v) is 4.40. The third kappa shape index (κ3) is 3.51. The summed E-state index contributed by atoms with van der Waals surface area (Å²) < 4.78 is 1.85. The summed E-state index contributed by atoms with van der Waals surface area (Å²) in [5.41, 5.74) is 0. The van der Waals surface area contributed by atoms with Gasteiger partial charge in [-0.25, -0.2) is 0 Å². The van der Waals surface area contributed by atoms with Gasteiger partial charge < -0.3 is 4.57 Å². The van der Waals surface area contributed by atoms with Crippen LogP contribution < -0.4 is 5.32 Å². The Labute approximate surface area is 118 Å². The molecule has 0 aliphatic heterocycles. The molecule has 1 amide bonds. The highest BCUT2D eigenvalue weighted by Gasteiger charge is 2.11.